The number of piperidine rings is 1. The number of hydrogen-bond acceptors (Lipinski definition) is 6. The van der Waals surface area contributed by atoms with Gasteiger partial charge in [-0.1, -0.05) is 23.2 Å². The van der Waals surface area contributed by atoms with Crippen LogP contribution in [-0.4, -0.2) is 70.8 Å². The molecule has 206 valence electrons. The second-order valence-corrected chi connectivity index (χ2v) is 11.5. The van der Waals surface area contributed by atoms with Crippen LogP contribution in [0.5, 0.6) is 0 Å². The van der Waals surface area contributed by atoms with Crippen LogP contribution in [-0.2, 0) is 19.1 Å². The Balaban J connectivity index is 1.56. The summed E-state index contributed by atoms with van der Waals surface area (Å²) in [7, 11) is 0. The minimum atomic E-state index is -2.37. The van der Waals surface area contributed by atoms with Gasteiger partial charge in [0.1, 0.15) is 11.6 Å². The Morgan fingerprint density at radius 3 is 2.50 bits per heavy atom. The van der Waals surface area contributed by atoms with Gasteiger partial charge < -0.3 is 25.4 Å². The van der Waals surface area contributed by atoms with Gasteiger partial charge in [0.2, 0.25) is 5.91 Å². The minimum absolute atomic E-state index is 0.0565. The molecule has 0 radical (unpaired) electrons. The molecule has 1 aliphatic rings. The zero-order valence-electron chi connectivity index (χ0n) is 21.0. The van der Waals surface area contributed by atoms with E-state index in [4.69, 9.17) is 27.9 Å². The average molecular weight is 588 g/mol. The van der Waals surface area contributed by atoms with Crippen LogP contribution in [0.3, 0.4) is 0 Å². The van der Waals surface area contributed by atoms with E-state index < -0.39 is 47.7 Å². The topological polar surface area (TPSA) is 125 Å². The molecule has 9 nitrogen and oxygen atoms in total. The van der Waals surface area contributed by atoms with Gasteiger partial charge in [-0.3, -0.25) is 9.59 Å². The number of hydrogen-bond donors (Lipinski definition) is 3. The predicted octanol–water partition coefficient (Wildman–Crippen LogP) is 4.65. The van der Waals surface area contributed by atoms with Gasteiger partial charge in [-0.05, 0) is 55.3 Å². The van der Waals surface area contributed by atoms with Crippen molar-refractivity contribution in [1.29, 1.82) is 0 Å². The standard InChI is InChI=1S/C25H28Cl2FN3O6S/c1-24(2,3)37-23(36)29-13-16(21(33)34)30-22(35)25(28)7-9-31(10-8-25)17(32)5-4-14-12-15-6-11-38-20(15)19(27)18(14)26/h4-6,11-12,16H,7-10,13H2,1-3H3,(H,29,36)(H,30,35)(H,33,34)/b5-4+/t16-/m0/s1. The van der Waals surface area contributed by atoms with Gasteiger partial charge in [-0.15, -0.1) is 11.3 Å². The van der Waals surface area contributed by atoms with Crippen LogP contribution in [0.15, 0.2) is 23.6 Å². The van der Waals surface area contributed by atoms with E-state index in [0.29, 0.717) is 15.6 Å². The summed E-state index contributed by atoms with van der Waals surface area (Å²) >= 11 is 14.1. The highest BCUT2D eigenvalue weighted by molar-refractivity contribution is 7.18. The molecule has 0 saturated carbocycles. The highest BCUT2D eigenvalue weighted by atomic mass is 35.5. The van der Waals surface area contributed by atoms with Crippen molar-refractivity contribution >= 4 is 74.6 Å². The number of halogens is 3. The fraction of sp³-hybridized carbons (Fsp3) is 0.440. The second kappa shape index (κ2) is 11.9. The first kappa shape index (κ1) is 29.7. The van der Waals surface area contributed by atoms with Crippen molar-refractivity contribution in [2.24, 2.45) is 0 Å². The Kier molecular flexibility index (Phi) is 9.27. The van der Waals surface area contributed by atoms with E-state index in [2.05, 4.69) is 10.6 Å². The molecule has 1 aromatic heterocycles. The van der Waals surface area contributed by atoms with Crippen LogP contribution < -0.4 is 10.6 Å². The second-order valence-electron chi connectivity index (χ2n) is 9.80. The van der Waals surface area contributed by atoms with Gasteiger partial charge in [0.15, 0.2) is 5.67 Å². The Morgan fingerprint density at radius 2 is 1.89 bits per heavy atom. The van der Waals surface area contributed by atoms with Gasteiger partial charge in [0.05, 0.1) is 21.3 Å². The Hall–Kier alpha value is -2.89. The molecule has 3 N–H and O–H groups in total. The molecule has 38 heavy (non-hydrogen) atoms. The predicted molar refractivity (Wildman–Crippen MR) is 144 cm³/mol. The number of alkyl carbamates (subject to hydrolysis) is 1. The lowest BCUT2D eigenvalue weighted by Gasteiger charge is -2.35. The lowest BCUT2D eigenvalue weighted by atomic mass is 9.92. The number of nitrogens with one attached hydrogen (secondary N) is 2. The molecule has 2 aromatic rings. The van der Waals surface area contributed by atoms with Gasteiger partial charge in [-0.2, -0.15) is 0 Å². The molecule has 0 unspecified atom stereocenters. The van der Waals surface area contributed by atoms with Crippen molar-refractivity contribution in [2.45, 2.75) is 50.9 Å². The average Bonchev–Trinajstić information content (AvgIpc) is 3.30. The summed E-state index contributed by atoms with van der Waals surface area (Å²) in [5.74, 6) is -2.96. The van der Waals surface area contributed by atoms with E-state index in [1.165, 1.54) is 28.4 Å². The number of thiophene rings is 1. The minimum Gasteiger partial charge on any atom is -0.480 e. The van der Waals surface area contributed by atoms with Crippen LogP contribution in [0, 0.1) is 0 Å². The molecule has 1 aromatic carbocycles. The highest BCUT2D eigenvalue weighted by Gasteiger charge is 2.43. The Labute approximate surface area is 232 Å². The maximum Gasteiger partial charge on any atom is 0.407 e. The number of benzene rings is 1. The number of nitrogens with zero attached hydrogens (tertiary/aromatic N) is 1. The molecule has 1 fully saturated rings. The number of rotatable bonds is 7. The number of carboxylic acid groups (broad SMARTS) is 1. The summed E-state index contributed by atoms with van der Waals surface area (Å²) in [5, 5.41) is 17.3. The zero-order valence-corrected chi connectivity index (χ0v) is 23.3. The molecule has 3 amide bonds. The molecule has 0 aliphatic carbocycles. The van der Waals surface area contributed by atoms with Crippen LogP contribution in [0.4, 0.5) is 9.18 Å². The summed E-state index contributed by atoms with van der Waals surface area (Å²) in [5.41, 5.74) is -2.61. The van der Waals surface area contributed by atoms with Gasteiger partial charge in [-0.25, -0.2) is 14.0 Å². The first-order valence-electron chi connectivity index (χ1n) is 11.7. The van der Waals surface area contributed by atoms with E-state index in [1.807, 2.05) is 17.5 Å². The van der Waals surface area contributed by atoms with Crippen molar-refractivity contribution < 1.29 is 33.4 Å². The molecule has 2 heterocycles. The molecule has 13 heteroatoms. The number of alkyl halides is 1. The quantitative estimate of drug-likeness (QED) is 0.405. The fourth-order valence-electron chi connectivity index (χ4n) is 3.75. The first-order chi connectivity index (χ1) is 17.7. The number of fused-ring (bicyclic) bond motifs is 1. The number of amides is 3. The van der Waals surface area contributed by atoms with Crippen LogP contribution in [0.1, 0.15) is 39.2 Å². The number of carbonyl (C=O) groups is 4. The van der Waals surface area contributed by atoms with Crippen molar-refractivity contribution in [2.75, 3.05) is 19.6 Å². The third kappa shape index (κ3) is 7.36. The van der Waals surface area contributed by atoms with E-state index in [-0.39, 0.29) is 25.9 Å². The first-order valence-corrected chi connectivity index (χ1v) is 13.4. The Morgan fingerprint density at radius 1 is 1.24 bits per heavy atom. The van der Waals surface area contributed by atoms with Gasteiger partial charge >= 0.3 is 12.1 Å². The SMILES string of the molecule is CC(C)(C)OC(=O)NC[C@H](NC(=O)C1(F)CCN(C(=O)/C=C/c2cc3ccsc3c(Cl)c2Cl)CC1)C(=O)O. The molecule has 1 atom stereocenters. The lowest BCUT2D eigenvalue weighted by Crippen LogP contribution is -2.57. The lowest BCUT2D eigenvalue weighted by molar-refractivity contribution is -0.146. The Bertz CT molecular complexity index is 1270. The summed E-state index contributed by atoms with van der Waals surface area (Å²) < 4.78 is 21.3. The number of ether oxygens (including phenoxy) is 1. The normalized spacial score (nSPS) is 16.3. The van der Waals surface area contributed by atoms with Crippen molar-refractivity contribution in [3.63, 3.8) is 0 Å². The monoisotopic (exact) mass is 587 g/mol. The maximum absolute atomic E-state index is 15.4. The molecule has 1 aliphatic heterocycles. The smallest absolute Gasteiger partial charge is 0.407 e. The van der Waals surface area contributed by atoms with E-state index >= 15 is 4.39 Å². The molecular weight excluding hydrogens is 560 g/mol. The molecule has 3 rings (SSSR count). The van der Waals surface area contributed by atoms with Crippen molar-refractivity contribution in [1.82, 2.24) is 15.5 Å². The maximum atomic E-state index is 15.4. The van der Waals surface area contributed by atoms with Crippen molar-refractivity contribution in [3.8, 4) is 0 Å². The van der Waals surface area contributed by atoms with Crippen LogP contribution in [0.25, 0.3) is 16.2 Å². The molecule has 0 bridgehead atoms. The summed E-state index contributed by atoms with van der Waals surface area (Å²) in [6, 6.07) is 2.14. The number of carboxylic acids is 1. The fourth-order valence-corrected chi connectivity index (χ4v) is 5.19. The molecule has 0 spiro atoms. The summed E-state index contributed by atoms with van der Waals surface area (Å²) in [6.45, 7) is 4.30. The van der Waals surface area contributed by atoms with E-state index in [9.17, 15) is 24.3 Å². The summed E-state index contributed by atoms with van der Waals surface area (Å²) in [6.07, 6.45) is 1.33. The largest absolute Gasteiger partial charge is 0.480 e. The number of carbonyl (C=O) groups excluding carboxylic acids is 3. The van der Waals surface area contributed by atoms with E-state index in [0.717, 1.165) is 10.1 Å². The van der Waals surface area contributed by atoms with Gasteiger partial charge in [0.25, 0.3) is 5.91 Å². The van der Waals surface area contributed by atoms with E-state index in [1.54, 1.807) is 20.8 Å². The number of aliphatic carboxylic acids is 1. The highest BCUT2D eigenvalue weighted by Crippen LogP contribution is 2.37. The number of likely N-dealkylation sites (tertiary alicyclic amines) is 1. The van der Waals surface area contributed by atoms with Gasteiger partial charge in [0, 0.05) is 32.0 Å². The van der Waals surface area contributed by atoms with Crippen LogP contribution in [0.2, 0.25) is 10.0 Å². The third-order valence-electron chi connectivity index (χ3n) is 5.79. The summed E-state index contributed by atoms with van der Waals surface area (Å²) in [4.78, 5) is 50.0. The van der Waals surface area contributed by atoms with Crippen LogP contribution >= 0.6 is 34.5 Å². The molecular formula is C25H28Cl2FN3O6S. The third-order valence-corrected chi connectivity index (χ3v) is 7.73. The zero-order chi connectivity index (χ0) is 28.3. The molecule has 1 saturated heterocycles. The van der Waals surface area contributed by atoms with Crippen molar-refractivity contribution in [3.05, 3.63) is 39.2 Å².